The molecule has 92 valence electrons. The van der Waals surface area contributed by atoms with Crippen molar-refractivity contribution in [1.29, 1.82) is 0 Å². The summed E-state index contributed by atoms with van der Waals surface area (Å²) in [7, 11) is 0. The van der Waals surface area contributed by atoms with Crippen LogP contribution in [0.4, 0.5) is 19.0 Å². The summed E-state index contributed by atoms with van der Waals surface area (Å²) in [6.45, 7) is 3.48. The van der Waals surface area contributed by atoms with Crippen molar-refractivity contribution in [2.75, 3.05) is 11.9 Å². The number of carboxylic acid groups (broad SMARTS) is 1. The second-order valence-electron chi connectivity index (χ2n) is 3.07. The van der Waals surface area contributed by atoms with Crippen LogP contribution in [0.25, 0.3) is 0 Å². The van der Waals surface area contributed by atoms with Gasteiger partial charge in [0.2, 0.25) is 0 Å². The number of nitrogens with zero attached hydrogens (tertiary/aromatic N) is 1. The van der Waals surface area contributed by atoms with Gasteiger partial charge in [-0.05, 0) is 12.1 Å². The minimum Gasteiger partial charge on any atom is -0.478 e. The van der Waals surface area contributed by atoms with Crippen molar-refractivity contribution in [2.45, 2.75) is 6.18 Å². The molecule has 1 heterocycles. The SMILES string of the molecule is C=CCNc1nc(C(F)(F)F)ccc1C(=O)O. The Hall–Kier alpha value is -2.05. The lowest BCUT2D eigenvalue weighted by Gasteiger charge is -2.10. The van der Waals surface area contributed by atoms with E-state index >= 15 is 0 Å². The number of pyridine rings is 1. The molecule has 1 aromatic rings. The topological polar surface area (TPSA) is 62.2 Å². The van der Waals surface area contributed by atoms with Gasteiger partial charge in [0, 0.05) is 6.54 Å². The standard InChI is InChI=1S/C10H9F3N2O2/c1-2-5-14-8-6(9(16)17)3-4-7(15-8)10(11,12)13/h2-4H,1,5H2,(H,14,15)(H,16,17). The molecule has 0 atom stereocenters. The van der Waals surface area contributed by atoms with Gasteiger partial charge < -0.3 is 10.4 Å². The van der Waals surface area contributed by atoms with Gasteiger partial charge in [0.1, 0.15) is 17.1 Å². The van der Waals surface area contributed by atoms with Crippen molar-refractivity contribution < 1.29 is 23.1 Å². The van der Waals surface area contributed by atoms with E-state index in [2.05, 4.69) is 16.9 Å². The summed E-state index contributed by atoms with van der Waals surface area (Å²) in [5.74, 6) is -1.68. The molecule has 0 fully saturated rings. The lowest BCUT2D eigenvalue weighted by Crippen LogP contribution is -2.14. The number of aromatic nitrogens is 1. The minimum absolute atomic E-state index is 0.120. The number of carbonyl (C=O) groups is 1. The van der Waals surface area contributed by atoms with Crippen molar-refractivity contribution in [3.63, 3.8) is 0 Å². The number of carboxylic acids is 1. The fraction of sp³-hybridized carbons (Fsp3) is 0.200. The number of anilines is 1. The van der Waals surface area contributed by atoms with Crippen LogP contribution in [-0.2, 0) is 6.18 Å². The molecule has 0 spiro atoms. The van der Waals surface area contributed by atoms with Crippen molar-refractivity contribution >= 4 is 11.8 Å². The van der Waals surface area contributed by atoms with Gasteiger partial charge >= 0.3 is 12.1 Å². The predicted octanol–water partition coefficient (Wildman–Crippen LogP) is 2.40. The molecular weight excluding hydrogens is 237 g/mol. The smallest absolute Gasteiger partial charge is 0.433 e. The van der Waals surface area contributed by atoms with Gasteiger partial charge in [-0.25, -0.2) is 9.78 Å². The average molecular weight is 246 g/mol. The zero-order valence-electron chi connectivity index (χ0n) is 8.58. The Kier molecular flexibility index (Phi) is 3.72. The monoisotopic (exact) mass is 246 g/mol. The van der Waals surface area contributed by atoms with Crippen LogP contribution in [0.1, 0.15) is 16.1 Å². The van der Waals surface area contributed by atoms with Crippen LogP contribution in [0, 0.1) is 0 Å². The molecule has 0 amide bonds. The molecule has 17 heavy (non-hydrogen) atoms. The molecule has 0 aliphatic heterocycles. The number of hydrogen-bond acceptors (Lipinski definition) is 3. The van der Waals surface area contributed by atoms with Crippen LogP contribution in [0.15, 0.2) is 24.8 Å². The second-order valence-corrected chi connectivity index (χ2v) is 3.07. The van der Waals surface area contributed by atoms with Gasteiger partial charge in [-0.3, -0.25) is 0 Å². The lowest BCUT2D eigenvalue weighted by atomic mass is 10.2. The Morgan fingerprint density at radius 3 is 2.65 bits per heavy atom. The second kappa shape index (κ2) is 4.86. The van der Waals surface area contributed by atoms with Gasteiger partial charge in [0.05, 0.1) is 0 Å². The van der Waals surface area contributed by atoms with Crippen molar-refractivity contribution in [3.8, 4) is 0 Å². The van der Waals surface area contributed by atoms with E-state index in [1.165, 1.54) is 6.08 Å². The summed E-state index contributed by atoms with van der Waals surface area (Å²) in [5.41, 5.74) is -1.46. The van der Waals surface area contributed by atoms with Crippen molar-refractivity contribution in [1.82, 2.24) is 4.98 Å². The van der Waals surface area contributed by atoms with Gasteiger partial charge in [-0.1, -0.05) is 6.08 Å². The summed E-state index contributed by atoms with van der Waals surface area (Å²) in [5, 5.41) is 11.2. The molecule has 0 aliphatic carbocycles. The highest BCUT2D eigenvalue weighted by Gasteiger charge is 2.33. The third-order valence-electron chi connectivity index (χ3n) is 1.83. The summed E-state index contributed by atoms with van der Waals surface area (Å²) < 4.78 is 37.1. The normalized spacial score (nSPS) is 11.0. The molecule has 1 aromatic heterocycles. The zero-order valence-corrected chi connectivity index (χ0v) is 8.58. The highest BCUT2D eigenvalue weighted by molar-refractivity contribution is 5.93. The average Bonchev–Trinajstić information content (AvgIpc) is 2.24. The van der Waals surface area contributed by atoms with Crippen LogP contribution in [-0.4, -0.2) is 22.6 Å². The number of hydrogen-bond donors (Lipinski definition) is 2. The maximum atomic E-state index is 12.4. The Balaban J connectivity index is 3.19. The molecule has 2 N–H and O–H groups in total. The van der Waals surface area contributed by atoms with Gasteiger partial charge in [-0.2, -0.15) is 13.2 Å². The first-order chi connectivity index (χ1) is 7.86. The largest absolute Gasteiger partial charge is 0.478 e. The van der Waals surface area contributed by atoms with E-state index in [1.807, 2.05) is 0 Å². The fourth-order valence-electron chi connectivity index (χ4n) is 1.09. The molecule has 0 saturated carbocycles. The lowest BCUT2D eigenvalue weighted by molar-refractivity contribution is -0.141. The van der Waals surface area contributed by atoms with E-state index in [9.17, 15) is 18.0 Å². The molecule has 0 radical (unpaired) electrons. The first-order valence-electron chi connectivity index (χ1n) is 4.52. The predicted molar refractivity (Wildman–Crippen MR) is 54.9 cm³/mol. The summed E-state index contributed by atoms with van der Waals surface area (Å²) in [4.78, 5) is 14.0. The quantitative estimate of drug-likeness (QED) is 0.801. The van der Waals surface area contributed by atoms with Crippen molar-refractivity contribution in [3.05, 3.63) is 36.0 Å². The number of rotatable bonds is 4. The molecule has 0 bridgehead atoms. The van der Waals surface area contributed by atoms with Crippen LogP contribution >= 0.6 is 0 Å². The maximum absolute atomic E-state index is 12.4. The van der Waals surface area contributed by atoms with E-state index in [-0.39, 0.29) is 17.9 Å². The highest BCUT2D eigenvalue weighted by Crippen LogP contribution is 2.29. The number of alkyl halides is 3. The number of halogens is 3. The Bertz CT molecular complexity index is 444. The van der Waals surface area contributed by atoms with E-state index in [1.54, 1.807) is 0 Å². The van der Waals surface area contributed by atoms with Gasteiger partial charge in [0.25, 0.3) is 0 Å². The van der Waals surface area contributed by atoms with Crippen LogP contribution < -0.4 is 5.32 Å². The summed E-state index contributed by atoms with van der Waals surface area (Å²) >= 11 is 0. The molecule has 0 unspecified atom stereocenters. The molecule has 0 aliphatic rings. The highest BCUT2D eigenvalue weighted by atomic mass is 19.4. The van der Waals surface area contributed by atoms with Gasteiger partial charge in [-0.15, -0.1) is 6.58 Å². The fourth-order valence-corrected chi connectivity index (χ4v) is 1.09. The van der Waals surface area contributed by atoms with E-state index in [0.717, 1.165) is 6.07 Å². The summed E-state index contributed by atoms with van der Waals surface area (Å²) in [6, 6.07) is 1.49. The van der Waals surface area contributed by atoms with Crippen molar-refractivity contribution in [2.24, 2.45) is 0 Å². The van der Waals surface area contributed by atoms with Crippen LogP contribution in [0.3, 0.4) is 0 Å². The minimum atomic E-state index is -4.61. The van der Waals surface area contributed by atoms with E-state index < -0.39 is 17.8 Å². The van der Waals surface area contributed by atoms with Crippen LogP contribution in [0.5, 0.6) is 0 Å². The number of aromatic carboxylic acids is 1. The zero-order chi connectivity index (χ0) is 13.1. The third kappa shape index (κ3) is 3.20. The Morgan fingerprint density at radius 1 is 1.53 bits per heavy atom. The van der Waals surface area contributed by atoms with Gasteiger partial charge in [0.15, 0.2) is 0 Å². The molecular formula is C10H9F3N2O2. The first kappa shape index (κ1) is 13.0. The van der Waals surface area contributed by atoms with E-state index in [4.69, 9.17) is 5.11 Å². The van der Waals surface area contributed by atoms with Crippen LogP contribution in [0.2, 0.25) is 0 Å². The molecule has 0 aromatic carbocycles. The van der Waals surface area contributed by atoms with E-state index in [0.29, 0.717) is 6.07 Å². The summed E-state index contributed by atoms with van der Waals surface area (Å²) in [6.07, 6.45) is -3.23. The Morgan fingerprint density at radius 2 is 2.18 bits per heavy atom. The Labute approximate surface area is 94.8 Å². The molecule has 0 saturated heterocycles. The molecule has 1 rings (SSSR count). The number of nitrogens with one attached hydrogen (secondary N) is 1. The maximum Gasteiger partial charge on any atom is 0.433 e. The molecule has 4 nitrogen and oxygen atoms in total. The third-order valence-corrected chi connectivity index (χ3v) is 1.83. The molecule has 7 heteroatoms. The first-order valence-corrected chi connectivity index (χ1v) is 4.52.